The molecule has 292 valence electrons. The van der Waals surface area contributed by atoms with E-state index in [1.165, 1.54) is 131 Å². The van der Waals surface area contributed by atoms with Crippen LogP contribution < -0.4 is 0 Å². The van der Waals surface area contributed by atoms with Crippen LogP contribution in [0.15, 0.2) is 134 Å². The molecule has 0 saturated carbocycles. The van der Waals surface area contributed by atoms with Gasteiger partial charge in [0, 0.05) is 0 Å². The summed E-state index contributed by atoms with van der Waals surface area (Å²) in [7, 11) is 0. The number of nitrogens with zero attached hydrogens (tertiary/aromatic N) is 4. The van der Waals surface area contributed by atoms with E-state index in [1.54, 1.807) is 0 Å². The molecule has 0 radical (unpaired) electrons. The van der Waals surface area contributed by atoms with Gasteiger partial charge in [-0.1, -0.05) is 0 Å². The van der Waals surface area contributed by atoms with E-state index >= 15 is 0 Å². The van der Waals surface area contributed by atoms with Crippen molar-refractivity contribution in [3.8, 4) is 0 Å². The quantitative estimate of drug-likeness (QED) is 0.0429. The van der Waals surface area contributed by atoms with Crippen molar-refractivity contribution in [3.05, 3.63) is 145 Å². The number of unbranched alkanes of at least 4 members (excludes halogenated alkanes) is 10. The van der Waals surface area contributed by atoms with Gasteiger partial charge in [-0.05, 0) is 0 Å². The van der Waals surface area contributed by atoms with Crippen LogP contribution in [0.2, 0.25) is 0 Å². The minimum atomic E-state index is -1.87. The number of rotatable bonds is 20. The number of fused-ring (bicyclic) bond motifs is 4. The van der Waals surface area contributed by atoms with Crippen LogP contribution in [0.4, 0.5) is 0 Å². The van der Waals surface area contributed by atoms with Gasteiger partial charge in [-0.15, -0.1) is 0 Å². The van der Waals surface area contributed by atoms with Crippen molar-refractivity contribution in [2.75, 3.05) is 13.1 Å². The first-order chi connectivity index (χ1) is 28.2. The molecule has 0 saturated heterocycles. The van der Waals surface area contributed by atoms with Crippen molar-refractivity contribution in [1.82, 2.24) is 19.6 Å². The van der Waals surface area contributed by atoms with Gasteiger partial charge in [0.05, 0.1) is 0 Å². The molecule has 0 bridgehead atoms. The predicted molar refractivity (Wildman–Crippen MR) is 240 cm³/mol. The fourth-order valence-electron chi connectivity index (χ4n) is 9.69. The molecule has 8 rings (SSSR count). The molecule has 6 aromatic carbocycles. The van der Waals surface area contributed by atoms with E-state index in [4.69, 9.17) is 0 Å². The normalized spacial score (nSPS) is 16.7. The molecule has 57 heavy (non-hydrogen) atoms. The van der Waals surface area contributed by atoms with Crippen LogP contribution in [0.3, 0.4) is 0 Å². The third-order valence-electron chi connectivity index (χ3n) is 12.8. The fourth-order valence-corrected chi connectivity index (χ4v) is 19.7. The molecule has 0 aromatic heterocycles. The average molecular weight is 944 g/mol. The molecule has 2 atom stereocenters. The van der Waals surface area contributed by atoms with Crippen LogP contribution >= 0.6 is 0 Å². The third kappa shape index (κ3) is 9.33. The van der Waals surface area contributed by atoms with Gasteiger partial charge in [0.25, 0.3) is 0 Å². The molecule has 0 amide bonds. The van der Waals surface area contributed by atoms with Gasteiger partial charge >= 0.3 is 357 Å². The number of hydrogen-bond acceptors (Lipinski definition) is 4. The van der Waals surface area contributed by atoms with Crippen molar-refractivity contribution in [2.45, 2.75) is 111 Å². The SMILES string of the molecule is CCCCCCCCN1C=CN(Cc2c3ccccc3cc3ccccc23)[CH]1[Hg][CH]1N(CCCCCCCC)C=CN1Cc1c2ccccc2cc2ccccc12. The standard InChI is InChI=1S/2C26H31N2.Hg/c2*1-2-3-4-5-6-11-16-27-17-18-28(21-27)20-26-24-14-9-7-12-22(24)19-23-13-8-10-15-25(23)26;/h2*7-10,12-15,17-19,21H,2-6,11,16,20H2,1H3;. The predicted octanol–water partition coefficient (Wildman–Crippen LogP) is 13.5. The Morgan fingerprint density at radius 2 is 0.702 bits per heavy atom. The zero-order valence-corrected chi connectivity index (χ0v) is 40.2. The minimum absolute atomic E-state index is 0.488. The maximum absolute atomic E-state index is 2.79. The zero-order chi connectivity index (χ0) is 38.8. The van der Waals surface area contributed by atoms with Crippen LogP contribution in [0.5, 0.6) is 0 Å². The molecule has 0 spiro atoms. The molecular weight excluding hydrogens is 881 g/mol. The van der Waals surface area contributed by atoms with Crippen LogP contribution in [-0.2, 0) is 37.7 Å². The molecular formula is C52H62HgN4. The summed E-state index contributed by atoms with van der Waals surface area (Å²) in [5, 5.41) is 11.0. The first-order valence-corrected chi connectivity index (χ1v) is 28.7. The first-order valence-electron chi connectivity index (χ1n) is 22.4. The molecule has 2 unspecified atom stereocenters. The molecule has 0 N–H and O–H groups in total. The molecule has 4 nitrogen and oxygen atoms in total. The maximum atomic E-state index is 2.79. The summed E-state index contributed by atoms with van der Waals surface area (Å²) >= 11 is -1.87. The summed E-state index contributed by atoms with van der Waals surface area (Å²) in [5.74, 6) is 0. The Morgan fingerprint density at radius 3 is 1.07 bits per heavy atom. The van der Waals surface area contributed by atoms with Crippen molar-refractivity contribution in [3.63, 3.8) is 0 Å². The van der Waals surface area contributed by atoms with E-state index in [1.807, 2.05) is 0 Å². The van der Waals surface area contributed by atoms with Crippen molar-refractivity contribution >= 4 is 43.1 Å². The van der Waals surface area contributed by atoms with Gasteiger partial charge in [-0.25, -0.2) is 0 Å². The van der Waals surface area contributed by atoms with Crippen LogP contribution in [0.1, 0.15) is 102 Å². The Bertz CT molecular complexity index is 2030. The van der Waals surface area contributed by atoms with E-state index in [0.29, 0.717) is 7.35 Å². The van der Waals surface area contributed by atoms with E-state index in [9.17, 15) is 0 Å². The van der Waals surface area contributed by atoms with Gasteiger partial charge in [-0.2, -0.15) is 0 Å². The second-order valence-electron chi connectivity index (χ2n) is 16.7. The van der Waals surface area contributed by atoms with Gasteiger partial charge in [0.1, 0.15) is 0 Å². The summed E-state index contributed by atoms with van der Waals surface area (Å²) in [5.41, 5.74) is 2.95. The van der Waals surface area contributed by atoms with E-state index < -0.39 is 24.6 Å². The molecule has 2 heterocycles. The Morgan fingerprint density at radius 1 is 0.386 bits per heavy atom. The summed E-state index contributed by atoms with van der Waals surface area (Å²) in [6, 6.07) is 41.0. The van der Waals surface area contributed by atoms with Gasteiger partial charge < -0.3 is 0 Å². The van der Waals surface area contributed by atoms with Crippen LogP contribution in [0.25, 0.3) is 43.1 Å². The Hall–Kier alpha value is -4.02. The van der Waals surface area contributed by atoms with Gasteiger partial charge in [-0.3, -0.25) is 0 Å². The summed E-state index contributed by atoms with van der Waals surface area (Å²) in [4.78, 5) is 11.1. The first kappa shape index (κ1) is 39.8. The molecule has 5 heteroatoms. The molecule has 0 aliphatic carbocycles. The zero-order valence-electron chi connectivity index (χ0n) is 34.7. The van der Waals surface area contributed by atoms with E-state index in [2.05, 4.69) is 167 Å². The second kappa shape index (κ2) is 19.6. The number of hydrogen-bond donors (Lipinski definition) is 0. The monoisotopic (exact) mass is 944 g/mol. The van der Waals surface area contributed by atoms with Gasteiger partial charge in [0.15, 0.2) is 0 Å². The fraction of sp³-hybridized carbons (Fsp3) is 0.385. The summed E-state index contributed by atoms with van der Waals surface area (Å²) in [6.45, 7) is 8.85. The summed E-state index contributed by atoms with van der Waals surface area (Å²) < 4.78 is 0.976. The summed E-state index contributed by atoms with van der Waals surface area (Å²) in [6.07, 6.45) is 25.9. The van der Waals surface area contributed by atoms with Crippen molar-refractivity contribution < 1.29 is 24.6 Å². The van der Waals surface area contributed by atoms with Crippen molar-refractivity contribution in [2.24, 2.45) is 0 Å². The van der Waals surface area contributed by atoms with Crippen molar-refractivity contribution in [1.29, 1.82) is 0 Å². The third-order valence-corrected chi connectivity index (χ3v) is 23.4. The van der Waals surface area contributed by atoms with E-state index in [0.717, 1.165) is 26.2 Å². The number of benzene rings is 6. The van der Waals surface area contributed by atoms with Gasteiger partial charge in [0.2, 0.25) is 0 Å². The Balaban J connectivity index is 1.12. The molecule has 6 aromatic rings. The van der Waals surface area contributed by atoms with Crippen LogP contribution in [-0.4, -0.2) is 40.0 Å². The molecule has 2 aliphatic heterocycles. The molecule has 0 fully saturated rings. The average Bonchev–Trinajstić information content (AvgIpc) is 3.82. The second-order valence-corrected chi connectivity index (χ2v) is 24.3. The Labute approximate surface area is 354 Å². The Kier molecular flexibility index (Phi) is 13.7. The molecule has 2 aliphatic rings. The van der Waals surface area contributed by atoms with Crippen LogP contribution in [0, 0.1) is 0 Å². The van der Waals surface area contributed by atoms with E-state index in [-0.39, 0.29) is 0 Å². The topological polar surface area (TPSA) is 13.0 Å².